The molecule has 1 amide bonds. The van der Waals surface area contributed by atoms with E-state index in [0.29, 0.717) is 11.3 Å². The molecule has 5 rings (SSSR count). The number of amides is 1. The molecule has 1 aliphatic heterocycles. The second-order valence-electron chi connectivity index (χ2n) is 8.06. The normalized spacial score (nSPS) is 13.9. The summed E-state index contributed by atoms with van der Waals surface area (Å²) >= 11 is 12.3. The van der Waals surface area contributed by atoms with Crippen LogP contribution in [0.15, 0.2) is 41.5 Å². The third-order valence-corrected chi connectivity index (χ3v) is 6.57. The van der Waals surface area contributed by atoms with Crippen LogP contribution in [0.2, 0.25) is 10.2 Å². The number of rotatable bonds is 3. The Kier molecular flexibility index (Phi) is 5.64. The lowest BCUT2D eigenvalue weighted by molar-refractivity contribution is -0.141. The number of H-pyrrole nitrogens is 1. The van der Waals surface area contributed by atoms with Gasteiger partial charge in [0.25, 0.3) is 11.5 Å². The van der Waals surface area contributed by atoms with Crippen molar-refractivity contribution in [1.82, 2.24) is 23.8 Å². The summed E-state index contributed by atoms with van der Waals surface area (Å²) in [5.41, 5.74) is -0.336. The van der Waals surface area contributed by atoms with Gasteiger partial charge in [0.05, 0.1) is 17.1 Å². The molecule has 182 valence electrons. The number of hydrogen-bond acceptors (Lipinski definition) is 3. The van der Waals surface area contributed by atoms with Crippen LogP contribution in [-0.4, -0.2) is 36.3 Å². The molecule has 0 bridgehead atoms. The van der Waals surface area contributed by atoms with Gasteiger partial charge in [-0.25, -0.2) is 9.37 Å². The maximum Gasteiger partial charge on any atom is 0.434 e. The fourth-order valence-corrected chi connectivity index (χ4v) is 4.55. The zero-order valence-corrected chi connectivity index (χ0v) is 19.2. The summed E-state index contributed by atoms with van der Waals surface area (Å²) < 4.78 is 56.4. The first-order valence-corrected chi connectivity index (χ1v) is 11.1. The van der Waals surface area contributed by atoms with Crippen LogP contribution in [0, 0.1) is 5.82 Å². The van der Waals surface area contributed by atoms with Gasteiger partial charge < -0.3 is 14.5 Å². The van der Waals surface area contributed by atoms with E-state index < -0.39 is 29.2 Å². The van der Waals surface area contributed by atoms with E-state index >= 15 is 0 Å². The monoisotopic (exact) mass is 527 g/mol. The van der Waals surface area contributed by atoms with Crippen LogP contribution in [0.1, 0.15) is 33.1 Å². The molecule has 1 N–H and O–H groups in total. The van der Waals surface area contributed by atoms with Gasteiger partial charge in [-0.05, 0) is 23.8 Å². The number of aromatic nitrogens is 4. The SMILES string of the molecule is O=C(c1cc(Cc2c[nH]c(=O)c3cc(Cl)c(Cl)n23)ccc1F)N1CCn2cc(C(F)(F)F)nc2C1. The van der Waals surface area contributed by atoms with Gasteiger partial charge in [-0.15, -0.1) is 0 Å². The number of aromatic amines is 1. The topological polar surface area (TPSA) is 75.4 Å². The molecule has 0 saturated carbocycles. The number of alkyl halides is 3. The van der Waals surface area contributed by atoms with Crippen molar-refractivity contribution in [2.24, 2.45) is 0 Å². The molecule has 4 heterocycles. The predicted molar refractivity (Wildman–Crippen MR) is 119 cm³/mol. The first kappa shape index (κ1) is 23.4. The fraction of sp³-hybridized carbons (Fsp3) is 0.227. The Labute approximate surface area is 204 Å². The van der Waals surface area contributed by atoms with Gasteiger partial charge in [0.1, 0.15) is 22.3 Å². The second kappa shape index (κ2) is 8.42. The number of carbonyl (C=O) groups excluding carboxylic acids is 1. The van der Waals surface area contributed by atoms with Gasteiger partial charge in [0.15, 0.2) is 5.69 Å². The van der Waals surface area contributed by atoms with Crippen molar-refractivity contribution in [2.75, 3.05) is 6.54 Å². The van der Waals surface area contributed by atoms with Gasteiger partial charge in [-0.3, -0.25) is 14.0 Å². The Morgan fingerprint density at radius 3 is 2.69 bits per heavy atom. The van der Waals surface area contributed by atoms with Crippen molar-refractivity contribution in [3.8, 4) is 0 Å². The summed E-state index contributed by atoms with van der Waals surface area (Å²) in [6, 6.07) is 5.43. The first-order valence-electron chi connectivity index (χ1n) is 10.3. The molecule has 13 heteroatoms. The molecule has 0 fully saturated rings. The maximum atomic E-state index is 14.6. The van der Waals surface area contributed by atoms with Crippen LogP contribution in [0.25, 0.3) is 5.52 Å². The largest absolute Gasteiger partial charge is 0.434 e. The zero-order chi connectivity index (χ0) is 25.1. The van der Waals surface area contributed by atoms with Gasteiger partial charge >= 0.3 is 6.18 Å². The van der Waals surface area contributed by atoms with Crippen molar-refractivity contribution < 1.29 is 22.4 Å². The number of hydrogen-bond donors (Lipinski definition) is 1. The minimum absolute atomic E-state index is 0.0725. The molecule has 35 heavy (non-hydrogen) atoms. The van der Waals surface area contributed by atoms with Crippen molar-refractivity contribution in [3.05, 3.63) is 91.3 Å². The number of nitrogens with zero attached hydrogens (tertiary/aromatic N) is 4. The number of nitrogens with one attached hydrogen (secondary N) is 1. The smallest absolute Gasteiger partial charge is 0.331 e. The molecule has 4 aromatic rings. The molecule has 0 atom stereocenters. The summed E-state index contributed by atoms with van der Waals surface area (Å²) in [6.45, 7) is 0.0193. The van der Waals surface area contributed by atoms with Crippen LogP contribution in [0.5, 0.6) is 0 Å². The number of imidazole rings is 1. The Morgan fingerprint density at radius 1 is 1.17 bits per heavy atom. The zero-order valence-electron chi connectivity index (χ0n) is 17.7. The standard InChI is InChI=1S/C22H15Cl2F4N5O2/c23-14-7-16-20(34)29-8-12(33(16)19(14)24)5-11-1-2-15(25)13(6-11)21(35)32-4-3-31-9-17(22(26,27)28)30-18(31)10-32/h1-2,6-9H,3-5,10H2,(H,29,34). The van der Waals surface area contributed by atoms with E-state index in [1.54, 1.807) is 0 Å². The van der Waals surface area contributed by atoms with Gasteiger partial charge in [0.2, 0.25) is 0 Å². The number of fused-ring (bicyclic) bond motifs is 2. The van der Waals surface area contributed by atoms with Crippen LogP contribution in [0.4, 0.5) is 17.6 Å². The van der Waals surface area contributed by atoms with Crippen molar-refractivity contribution in [1.29, 1.82) is 0 Å². The van der Waals surface area contributed by atoms with E-state index in [4.69, 9.17) is 23.2 Å². The molecule has 0 unspecified atom stereocenters. The van der Waals surface area contributed by atoms with Crippen molar-refractivity contribution in [2.45, 2.75) is 25.7 Å². The van der Waals surface area contributed by atoms with E-state index in [0.717, 1.165) is 12.3 Å². The highest BCUT2D eigenvalue weighted by Gasteiger charge is 2.36. The highest BCUT2D eigenvalue weighted by molar-refractivity contribution is 6.42. The molecule has 0 spiro atoms. The molecule has 1 aliphatic rings. The Morgan fingerprint density at radius 2 is 1.94 bits per heavy atom. The van der Waals surface area contributed by atoms with Crippen LogP contribution >= 0.6 is 23.2 Å². The molecular formula is C22H15Cl2F4N5O2. The summed E-state index contributed by atoms with van der Waals surface area (Å²) in [7, 11) is 0. The molecule has 0 radical (unpaired) electrons. The third kappa shape index (κ3) is 4.19. The van der Waals surface area contributed by atoms with Gasteiger partial charge in [0, 0.05) is 37.6 Å². The maximum absolute atomic E-state index is 14.6. The van der Waals surface area contributed by atoms with Gasteiger partial charge in [-0.2, -0.15) is 13.2 Å². The Balaban J connectivity index is 1.43. The highest BCUT2D eigenvalue weighted by Crippen LogP contribution is 2.30. The minimum Gasteiger partial charge on any atom is -0.331 e. The lowest BCUT2D eigenvalue weighted by atomic mass is 10.0. The summed E-state index contributed by atoms with van der Waals surface area (Å²) in [5, 5.41) is 0.333. The van der Waals surface area contributed by atoms with Crippen LogP contribution in [0.3, 0.4) is 0 Å². The molecule has 1 aromatic carbocycles. The summed E-state index contributed by atoms with van der Waals surface area (Å²) in [5.74, 6) is -1.36. The lowest BCUT2D eigenvalue weighted by Gasteiger charge is -2.28. The van der Waals surface area contributed by atoms with E-state index in [2.05, 4.69) is 9.97 Å². The molecule has 0 saturated heterocycles. The van der Waals surface area contributed by atoms with E-state index in [1.165, 1.54) is 38.3 Å². The van der Waals surface area contributed by atoms with E-state index in [1.807, 2.05) is 0 Å². The lowest BCUT2D eigenvalue weighted by Crippen LogP contribution is -2.38. The van der Waals surface area contributed by atoms with E-state index in [-0.39, 0.29) is 53.1 Å². The molecular weight excluding hydrogens is 513 g/mol. The third-order valence-electron chi connectivity index (χ3n) is 5.81. The summed E-state index contributed by atoms with van der Waals surface area (Å²) in [6.07, 6.45) is -2.06. The molecule has 0 aliphatic carbocycles. The van der Waals surface area contributed by atoms with Gasteiger partial charge in [-0.1, -0.05) is 29.3 Å². The highest BCUT2D eigenvalue weighted by atomic mass is 35.5. The quantitative estimate of drug-likeness (QED) is 0.397. The average molecular weight is 528 g/mol. The Hall–Kier alpha value is -3.31. The number of carbonyl (C=O) groups is 1. The number of benzene rings is 1. The van der Waals surface area contributed by atoms with Crippen molar-refractivity contribution in [3.63, 3.8) is 0 Å². The van der Waals surface area contributed by atoms with Crippen LogP contribution < -0.4 is 5.56 Å². The second-order valence-corrected chi connectivity index (χ2v) is 8.83. The average Bonchev–Trinajstić information content (AvgIpc) is 3.38. The predicted octanol–water partition coefficient (Wildman–Crippen LogP) is 4.54. The summed E-state index contributed by atoms with van der Waals surface area (Å²) in [4.78, 5) is 32.6. The molecule has 3 aromatic heterocycles. The van der Waals surface area contributed by atoms with E-state index in [9.17, 15) is 27.2 Å². The van der Waals surface area contributed by atoms with Crippen molar-refractivity contribution >= 4 is 34.6 Å². The minimum atomic E-state index is -4.60. The molecule has 7 nitrogen and oxygen atoms in total. The van der Waals surface area contributed by atoms with Crippen LogP contribution in [-0.2, 0) is 25.7 Å². The fourth-order valence-electron chi connectivity index (χ4n) is 4.11. The number of halogens is 6. The first-order chi connectivity index (χ1) is 16.5. The Bertz CT molecular complexity index is 1540.